The third kappa shape index (κ3) is 3.45. The molecule has 0 spiro atoms. The standard InChI is InChI=1S/C17H25NO2/c1-19-16-4-2-3-15(11-13-7-9-18-10-8-13)17(16)20-12-14-5-6-14/h2-4,13-14,18H,5-12H2,1H3. The van der Waals surface area contributed by atoms with Crippen molar-refractivity contribution < 1.29 is 9.47 Å². The molecule has 1 saturated heterocycles. The average molecular weight is 275 g/mol. The van der Waals surface area contributed by atoms with Crippen LogP contribution in [0.4, 0.5) is 0 Å². The van der Waals surface area contributed by atoms with Crippen molar-refractivity contribution in [1.82, 2.24) is 5.32 Å². The molecule has 1 aliphatic carbocycles. The molecule has 0 bridgehead atoms. The molecular formula is C17H25NO2. The van der Waals surface area contributed by atoms with Gasteiger partial charge in [-0.3, -0.25) is 0 Å². The van der Waals surface area contributed by atoms with Crippen LogP contribution in [0.3, 0.4) is 0 Å². The van der Waals surface area contributed by atoms with Gasteiger partial charge in [-0.05, 0) is 68.7 Å². The molecule has 1 aromatic carbocycles. The molecule has 3 rings (SSSR count). The van der Waals surface area contributed by atoms with Crippen molar-refractivity contribution in [3.63, 3.8) is 0 Å². The summed E-state index contributed by atoms with van der Waals surface area (Å²) in [7, 11) is 1.73. The van der Waals surface area contributed by atoms with E-state index in [1.807, 2.05) is 6.07 Å². The van der Waals surface area contributed by atoms with Gasteiger partial charge in [0.2, 0.25) is 0 Å². The van der Waals surface area contributed by atoms with Gasteiger partial charge in [-0.15, -0.1) is 0 Å². The van der Waals surface area contributed by atoms with E-state index in [-0.39, 0.29) is 0 Å². The normalized spacial score (nSPS) is 19.9. The molecule has 0 atom stereocenters. The minimum absolute atomic E-state index is 0.770. The number of rotatable bonds is 6. The molecule has 1 N–H and O–H groups in total. The van der Waals surface area contributed by atoms with E-state index >= 15 is 0 Å². The predicted molar refractivity (Wildman–Crippen MR) is 80.5 cm³/mol. The van der Waals surface area contributed by atoms with Crippen LogP contribution in [0.5, 0.6) is 11.5 Å². The fourth-order valence-electron chi connectivity index (χ4n) is 2.93. The Morgan fingerprint density at radius 1 is 1.10 bits per heavy atom. The summed E-state index contributed by atoms with van der Waals surface area (Å²) in [5, 5.41) is 3.43. The highest BCUT2D eigenvalue weighted by molar-refractivity contribution is 5.47. The number of hydrogen-bond donors (Lipinski definition) is 1. The smallest absolute Gasteiger partial charge is 0.164 e. The SMILES string of the molecule is COc1cccc(CC2CCNCC2)c1OCC1CC1. The van der Waals surface area contributed by atoms with Crippen molar-refractivity contribution in [3.8, 4) is 11.5 Å². The third-order valence-electron chi connectivity index (χ3n) is 4.41. The first-order valence-corrected chi connectivity index (χ1v) is 7.86. The maximum absolute atomic E-state index is 6.08. The van der Waals surface area contributed by atoms with Gasteiger partial charge in [0.05, 0.1) is 13.7 Å². The van der Waals surface area contributed by atoms with E-state index in [2.05, 4.69) is 17.4 Å². The third-order valence-corrected chi connectivity index (χ3v) is 4.41. The lowest BCUT2D eigenvalue weighted by molar-refractivity contribution is 0.274. The van der Waals surface area contributed by atoms with Crippen LogP contribution in [-0.4, -0.2) is 26.8 Å². The zero-order valence-electron chi connectivity index (χ0n) is 12.4. The fraction of sp³-hybridized carbons (Fsp3) is 0.647. The number of methoxy groups -OCH3 is 1. The molecule has 2 aliphatic rings. The number of piperidine rings is 1. The van der Waals surface area contributed by atoms with Gasteiger partial charge in [-0.1, -0.05) is 12.1 Å². The molecule has 1 aliphatic heterocycles. The highest BCUT2D eigenvalue weighted by Gasteiger charge is 2.24. The molecule has 110 valence electrons. The lowest BCUT2D eigenvalue weighted by Crippen LogP contribution is -2.28. The Hall–Kier alpha value is -1.22. The van der Waals surface area contributed by atoms with E-state index < -0.39 is 0 Å². The first kappa shape index (κ1) is 13.7. The van der Waals surface area contributed by atoms with Gasteiger partial charge in [0.25, 0.3) is 0 Å². The summed E-state index contributed by atoms with van der Waals surface area (Å²) in [6, 6.07) is 6.29. The second-order valence-corrected chi connectivity index (χ2v) is 6.10. The monoisotopic (exact) mass is 275 g/mol. The first-order valence-electron chi connectivity index (χ1n) is 7.86. The Labute approximate surface area is 121 Å². The van der Waals surface area contributed by atoms with E-state index in [0.717, 1.165) is 49.5 Å². The maximum atomic E-state index is 6.08. The Morgan fingerprint density at radius 3 is 2.60 bits per heavy atom. The summed E-state index contributed by atoms with van der Waals surface area (Å²) in [6.07, 6.45) is 6.27. The summed E-state index contributed by atoms with van der Waals surface area (Å²) < 4.78 is 11.6. The summed E-state index contributed by atoms with van der Waals surface area (Å²) in [6.45, 7) is 3.14. The van der Waals surface area contributed by atoms with Gasteiger partial charge >= 0.3 is 0 Å². The van der Waals surface area contributed by atoms with Gasteiger partial charge < -0.3 is 14.8 Å². The second kappa shape index (κ2) is 6.49. The number of ether oxygens (including phenoxy) is 2. The van der Waals surface area contributed by atoms with Crippen LogP contribution in [0.1, 0.15) is 31.2 Å². The minimum Gasteiger partial charge on any atom is -0.493 e. The molecule has 0 aromatic heterocycles. The Kier molecular flexibility index (Phi) is 4.46. The van der Waals surface area contributed by atoms with Crippen molar-refractivity contribution in [1.29, 1.82) is 0 Å². The van der Waals surface area contributed by atoms with Gasteiger partial charge in [-0.2, -0.15) is 0 Å². The summed E-state index contributed by atoms with van der Waals surface area (Å²) >= 11 is 0. The number of benzene rings is 1. The Balaban J connectivity index is 1.72. The minimum atomic E-state index is 0.770. The van der Waals surface area contributed by atoms with Crippen LogP contribution in [0, 0.1) is 11.8 Å². The van der Waals surface area contributed by atoms with E-state index in [0.29, 0.717) is 0 Å². The quantitative estimate of drug-likeness (QED) is 0.865. The lowest BCUT2D eigenvalue weighted by Gasteiger charge is -2.24. The van der Waals surface area contributed by atoms with Crippen LogP contribution in [0.2, 0.25) is 0 Å². The van der Waals surface area contributed by atoms with E-state index in [1.54, 1.807) is 7.11 Å². The maximum Gasteiger partial charge on any atom is 0.164 e. The summed E-state index contributed by atoms with van der Waals surface area (Å²) in [5.74, 6) is 3.41. The van der Waals surface area contributed by atoms with Gasteiger partial charge in [-0.25, -0.2) is 0 Å². The van der Waals surface area contributed by atoms with E-state index in [4.69, 9.17) is 9.47 Å². The summed E-state index contributed by atoms with van der Waals surface area (Å²) in [4.78, 5) is 0. The molecule has 0 unspecified atom stereocenters. The number of para-hydroxylation sites is 1. The van der Waals surface area contributed by atoms with E-state index in [1.165, 1.54) is 31.2 Å². The molecule has 0 radical (unpaired) electrons. The topological polar surface area (TPSA) is 30.5 Å². The van der Waals surface area contributed by atoms with Crippen LogP contribution in [0.15, 0.2) is 18.2 Å². The van der Waals surface area contributed by atoms with Crippen molar-refractivity contribution in [2.45, 2.75) is 32.1 Å². The molecule has 0 amide bonds. The molecule has 20 heavy (non-hydrogen) atoms. The van der Waals surface area contributed by atoms with Crippen LogP contribution < -0.4 is 14.8 Å². The van der Waals surface area contributed by atoms with Crippen molar-refractivity contribution >= 4 is 0 Å². The van der Waals surface area contributed by atoms with Gasteiger partial charge in [0, 0.05) is 0 Å². The highest BCUT2D eigenvalue weighted by Crippen LogP contribution is 2.36. The molecule has 3 nitrogen and oxygen atoms in total. The highest BCUT2D eigenvalue weighted by atomic mass is 16.5. The summed E-state index contributed by atoms with van der Waals surface area (Å²) in [5.41, 5.74) is 1.32. The van der Waals surface area contributed by atoms with Crippen molar-refractivity contribution in [2.24, 2.45) is 11.8 Å². The molecule has 2 fully saturated rings. The molecule has 1 heterocycles. The zero-order chi connectivity index (χ0) is 13.8. The van der Waals surface area contributed by atoms with Gasteiger partial charge in [0.15, 0.2) is 11.5 Å². The first-order chi connectivity index (χ1) is 9.86. The van der Waals surface area contributed by atoms with Gasteiger partial charge in [0.1, 0.15) is 0 Å². The van der Waals surface area contributed by atoms with Crippen molar-refractivity contribution in [3.05, 3.63) is 23.8 Å². The number of hydrogen-bond acceptors (Lipinski definition) is 3. The fourth-order valence-corrected chi connectivity index (χ4v) is 2.93. The van der Waals surface area contributed by atoms with Crippen LogP contribution >= 0.6 is 0 Å². The molecule has 1 saturated carbocycles. The molecule has 3 heteroatoms. The molecular weight excluding hydrogens is 250 g/mol. The van der Waals surface area contributed by atoms with Crippen LogP contribution in [-0.2, 0) is 6.42 Å². The number of nitrogens with one attached hydrogen (secondary N) is 1. The largest absolute Gasteiger partial charge is 0.493 e. The van der Waals surface area contributed by atoms with Crippen LogP contribution in [0.25, 0.3) is 0 Å². The average Bonchev–Trinajstić information content (AvgIpc) is 3.31. The zero-order valence-corrected chi connectivity index (χ0v) is 12.4. The van der Waals surface area contributed by atoms with Crippen molar-refractivity contribution in [2.75, 3.05) is 26.8 Å². The Morgan fingerprint density at radius 2 is 1.90 bits per heavy atom. The van der Waals surface area contributed by atoms with E-state index in [9.17, 15) is 0 Å². The second-order valence-electron chi connectivity index (χ2n) is 6.10. The predicted octanol–water partition coefficient (Wildman–Crippen LogP) is 3.03. The Bertz CT molecular complexity index is 437. The lowest BCUT2D eigenvalue weighted by atomic mass is 9.90. The molecule has 1 aromatic rings.